The second-order valence-corrected chi connectivity index (χ2v) is 13.3. The van der Waals surface area contributed by atoms with Crippen molar-refractivity contribution in [1.82, 2.24) is 20.6 Å². The predicted molar refractivity (Wildman–Crippen MR) is 174 cm³/mol. The molecule has 2 fully saturated rings. The van der Waals surface area contributed by atoms with Gasteiger partial charge in [0.15, 0.2) is 0 Å². The maximum atomic E-state index is 12.2. The van der Waals surface area contributed by atoms with E-state index < -0.39 is 31.0 Å². The van der Waals surface area contributed by atoms with E-state index in [0.717, 1.165) is 58.8 Å². The third kappa shape index (κ3) is 8.82. The molecule has 0 bridgehead atoms. The minimum absolute atomic E-state index is 0.179. The number of hydrogen-bond donors (Lipinski definition) is 7. The van der Waals surface area contributed by atoms with E-state index in [2.05, 4.69) is 40.7 Å². The van der Waals surface area contributed by atoms with Crippen molar-refractivity contribution < 1.29 is 35.1 Å². The van der Waals surface area contributed by atoms with E-state index in [1.54, 1.807) is 11.8 Å². The number of aliphatic hydroxyl groups is 5. The quantitative estimate of drug-likeness (QED) is 0.0792. The fraction of sp³-hybridized carbons (Fsp3) is 0.500. The molecule has 0 aliphatic heterocycles. The number of pyridine rings is 2. The van der Waals surface area contributed by atoms with Crippen LogP contribution < -0.4 is 15.4 Å². The number of carbonyl (C=O) groups excluding carboxylic acids is 1. The van der Waals surface area contributed by atoms with Crippen LogP contribution >= 0.6 is 11.8 Å². The molecule has 2 aliphatic carbocycles. The van der Waals surface area contributed by atoms with E-state index >= 15 is 0 Å². The summed E-state index contributed by atoms with van der Waals surface area (Å²) in [6.45, 7) is 1.61. The van der Waals surface area contributed by atoms with Gasteiger partial charge in [-0.15, -0.1) is 11.8 Å². The van der Waals surface area contributed by atoms with E-state index in [-0.39, 0.29) is 24.4 Å². The fourth-order valence-corrected chi connectivity index (χ4v) is 6.13. The molecular weight excluding hydrogens is 608 g/mol. The lowest BCUT2D eigenvalue weighted by Crippen LogP contribution is -2.49. The molecule has 4 unspecified atom stereocenters. The normalized spacial score (nSPS) is 18.0. The van der Waals surface area contributed by atoms with Crippen LogP contribution in [0.1, 0.15) is 55.3 Å². The highest BCUT2D eigenvalue weighted by Crippen LogP contribution is 2.50. The van der Waals surface area contributed by atoms with Crippen molar-refractivity contribution in [2.75, 3.05) is 18.9 Å². The molecule has 0 radical (unpaired) electrons. The summed E-state index contributed by atoms with van der Waals surface area (Å²) >= 11 is 1.56. The van der Waals surface area contributed by atoms with Gasteiger partial charge in [-0.05, 0) is 79.7 Å². The molecule has 11 nitrogen and oxygen atoms in total. The molecule has 46 heavy (non-hydrogen) atoms. The summed E-state index contributed by atoms with van der Waals surface area (Å²) in [7, 11) is 0. The maximum Gasteiger partial charge on any atom is 0.220 e. The van der Waals surface area contributed by atoms with Gasteiger partial charge in [-0.25, -0.2) is 4.98 Å². The smallest absolute Gasteiger partial charge is 0.220 e. The Hall–Kier alpha value is -3.10. The molecule has 1 amide bonds. The summed E-state index contributed by atoms with van der Waals surface area (Å²) in [6.07, 6.45) is 2.61. The van der Waals surface area contributed by atoms with Gasteiger partial charge in [-0.3, -0.25) is 9.78 Å². The number of nitrogens with zero attached hydrogens (tertiary/aromatic N) is 2. The maximum absolute atomic E-state index is 12.2. The number of rotatable bonds is 18. The van der Waals surface area contributed by atoms with Gasteiger partial charge in [0.2, 0.25) is 5.91 Å². The van der Waals surface area contributed by atoms with Crippen molar-refractivity contribution in [2.24, 2.45) is 0 Å². The molecule has 7 N–H and O–H groups in total. The average Bonchev–Trinajstić information content (AvgIpc) is 4.02. The minimum Gasteiger partial charge on any atom is -0.490 e. The SMILES string of the molecule is Cc1ccc(SCCCC(=O)NCC(O)C(O)C(O)C(O)CO)nc1CNC1(c2cnccc2-c2ccccc2OC2CC2)CC1. The van der Waals surface area contributed by atoms with Crippen molar-refractivity contribution in [3.05, 3.63) is 71.7 Å². The first-order chi connectivity index (χ1) is 22.2. The highest BCUT2D eigenvalue weighted by Gasteiger charge is 2.46. The molecule has 5 rings (SSSR count). The highest BCUT2D eigenvalue weighted by atomic mass is 32.2. The summed E-state index contributed by atoms with van der Waals surface area (Å²) in [5.41, 5.74) is 5.28. The van der Waals surface area contributed by atoms with Crippen molar-refractivity contribution in [1.29, 1.82) is 0 Å². The zero-order valence-electron chi connectivity index (χ0n) is 26.0. The lowest BCUT2D eigenvalue weighted by Gasteiger charge is -2.25. The molecule has 3 aromatic rings. The van der Waals surface area contributed by atoms with Crippen LogP contribution in [0.15, 0.2) is 59.9 Å². The van der Waals surface area contributed by atoms with Gasteiger partial charge in [0, 0.05) is 43.0 Å². The lowest BCUT2D eigenvalue weighted by atomic mass is 9.94. The van der Waals surface area contributed by atoms with Crippen LogP contribution in [-0.4, -0.2) is 90.8 Å². The van der Waals surface area contributed by atoms with Crippen LogP contribution in [0.2, 0.25) is 0 Å². The molecule has 1 aromatic carbocycles. The van der Waals surface area contributed by atoms with Crippen LogP contribution in [0.5, 0.6) is 5.75 Å². The summed E-state index contributed by atoms with van der Waals surface area (Å²) in [6, 6.07) is 14.4. The first-order valence-electron chi connectivity index (χ1n) is 15.9. The molecule has 2 aromatic heterocycles. The topological polar surface area (TPSA) is 177 Å². The fourth-order valence-electron chi connectivity index (χ4n) is 5.30. The molecular formula is C34H44N4O7S. The number of hydrogen-bond acceptors (Lipinski definition) is 11. The Morgan fingerprint density at radius 2 is 1.80 bits per heavy atom. The van der Waals surface area contributed by atoms with Crippen molar-refractivity contribution in [2.45, 2.75) is 93.1 Å². The molecule has 0 spiro atoms. The predicted octanol–water partition coefficient (Wildman–Crippen LogP) is 2.20. The summed E-state index contributed by atoms with van der Waals surface area (Å²) in [5.74, 6) is 1.27. The van der Waals surface area contributed by atoms with Crippen LogP contribution in [0.3, 0.4) is 0 Å². The molecule has 2 aliphatic rings. The van der Waals surface area contributed by atoms with Crippen molar-refractivity contribution >= 4 is 17.7 Å². The number of carbonyl (C=O) groups is 1. The van der Waals surface area contributed by atoms with Gasteiger partial charge in [0.1, 0.15) is 24.1 Å². The summed E-state index contributed by atoms with van der Waals surface area (Å²) in [5, 5.41) is 55.0. The van der Waals surface area contributed by atoms with Gasteiger partial charge in [0.05, 0.1) is 29.5 Å². The second-order valence-electron chi connectivity index (χ2n) is 12.1. The molecule has 12 heteroatoms. The van der Waals surface area contributed by atoms with Gasteiger partial charge in [-0.2, -0.15) is 0 Å². The number of nitrogens with one attached hydrogen (secondary N) is 2. The first-order valence-corrected chi connectivity index (χ1v) is 16.8. The minimum atomic E-state index is -1.73. The van der Waals surface area contributed by atoms with Gasteiger partial charge in [0.25, 0.3) is 0 Å². The van der Waals surface area contributed by atoms with Crippen LogP contribution in [0.4, 0.5) is 0 Å². The van der Waals surface area contributed by atoms with Gasteiger partial charge in [-0.1, -0.05) is 24.3 Å². The monoisotopic (exact) mass is 652 g/mol. The third-order valence-corrected chi connectivity index (χ3v) is 9.50. The molecule has 248 valence electrons. The Balaban J connectivity index is 1.12. The molecule has 2 saturated carbocycles. The van der Waals surface area contributed by atoms with Gasteiger partial charge >= 0.3 is 0 Å². The lowest BCUT2D eigenvalue weighted by molar-refractivity contribution is -0.126. The van der Waals surface area contributed by atoms with Crippen molar-refractivity contribution in [3.8, 4) is 16.9 Å². The standard InChI is InChI=1S/C34H44N4O7S/c1-21-8-11-31(46-16-4-7-30(42)36-19-27(40)32(43)33(44)28(41)20-39)38-26(21)18-37-34(13-14-34)25-17-35-15-12-23(25)24-5-2-3-6-29(24)45-22-9-10-22/h2-3,5-6,8,11-12,15,17,22,27-28,32-33,37,39-41,43-44H,4,7,9-10,13-14,16,18-20H2,1H3,(H,36,42). The van der Waals surface area contributed by atoms with E-state index in [0.29, 0.717) is 24.8 Å². The Bertz CT molecular complexity index is 1470. The zero-order valence-corrected chi connectivity index (χ0v) is 26.8. The summed E-state index contributed by atoms with van der Waals surface area (Å²) < 4.78 is 6.24. The number of aliphatic hydroxyl groups excluding tert-OH is 5. The van der Waals surface area contributed by atoms with Crippen molar-refractivity contribution in [3.63, 3.8) is 0 Å². The largest absolute Gasteiger partial charge is 0.490 e. The van der Waals surface area contributed by atoms with E-state index in [4.69, 9.17) is 14.8 Å². The number of aromatic nitrogens is 2. The molecule has 2 heterocycles. The number of ether oxygens (including phenoxy) is 1. The third-order valence-electron chi connectivity index (χ3n) is 8.48. The number of aryl methyl sites for hydroxylation is 1. The number of thioether (sulfide) groups is 1. The Labute approximate surface area is 273 Å². The Kier molecular flexibility index (Phi) is 11.7. The second kappa shape index (κ2) is 15.7. The average molecular weight is 653 g/mol. The highest BCUT2D eigenvalue weighted by molar-refractivity contribution is 7.99. The first kappa shape index (κ1) is 34.2. The number of amides is 1. The zero-order chi connectivity index (χ0) is 32.7. The molecule has 4 atom stereocenters. The Morgan fingerprint density at radius 1 is 1.04 bits per heavy atom. The van der Waals surface area contributed by atoms with E-state index in [1.165, 1.54) is 5.56 Å². The van der Waals surface area contributed by atoms with Crippen LogP contribution in [0, 0.1) is 6.92 Å². The molecule has 0 saturated heterocycles. The van der Waals surface area contributed by atoms with E-state index in [9.17, 15) is 25.2 Å². The van der Waals surface area contributed by atoms with Crippen LogP contribution in [0.25, 0.3) is 11.1 Å². The number of para-hydroxylation sites is 1. The summed E-state index contributed by atoms with van der Waals surface area (Å²) in [4.78, 5) is 21.6. The van der Waals surface area contributed by atoms with Crippen LogP contribution in [-0.2, 0) is 16.9 Å². The Morgan fingerprint density at radius 3 is 2.54 bits per heavy atom. The number of benzene rings is 1. The van der Waals surface area contributed by atoms with E-state index in [1.807, 2.05) is 36.7 Å². The van der Waals surface area contributed by atoms with Gasteiger partial charge < -0.3 is 40.9 Å².